The molecule has 4 N–H and O–H groups in total. The summed E-state index contributed by atoms with van der Waals surface area (Å²) in [6.45, 7) is -0.505. The van der Waals surface area contributed by atoms with Crippen molar-refractivity contribution < 1.29 is 22.3 Å². The van der Waals surface area contributed by atoms with E-state index in [0.717, 1.165) is 35.6 Å². The zero-order valence-electron chi connectivity index (χ0n) is 17.0. The van der Waals surface area contributed by atoms with E-state index in [0.29, 0.717) is 16.1 Å². The molecule has 3 aromatic rings. The van der Waals surface area contributed by atoms with Gasteiger partial charge in [0.05, 0.1) is 18.7 Å². The normalized spacial score (nSPS) is 12.5. The monoisotopic (exact) mass is 478 g/mol. The van der Waals surface area contributed by atoms with Crippen LogP contribution in [0, 0.1) is 23.0 Å². The summed E-state index contributed by atoms with van der Waals surface area (Å²) in [6, 6.07) is 10.0. The molecule has 0 spiro atoms. The minimum Gasteiger partial charge on any atom is -0.486 e. The summed E-state index contributed by atoms with van der Waals surface area (Å²) in [5.74, 6) is -1.84. The van der Waals surface area contributed by atoms with Crippen molar-refractivity contribution in [2.75, 3.05) is 6.54 Å². The van der Waals surface area contributed by atoms with Crippen molar-refractivity contribution in [2.45, 2.75) is 18.4 Å². The molecular weight excluding hydrogens is 460 g/mol. The summed E-state index contributed by atoms with van der Waals surface area (Å²) >= 11 is 1.25. The van der Waals surface area contributed by atoms with Gasteiger partial charge in [0.15, 0.2) is 0 Å². The standard InChI is InChI=1S/C21H18F4N6OS/c22-13-1-5-17(19(23)7-13)18(10-31(28)30-12-27)21(24,25)20-6-2-14(9-29-20)32-11-16-4-3-15(8-26)33-16/h1-7,9,12,18H,10-11,28H2,(H2,27,30). The topological polar surface area (TPSA) is 114 Å². The Kier molecular flexibility index (Phi) is 7.47. The van der Waals surface area contributed by atoms with E-state index in [1.807, 2.05) is 6.07 Å². The van der Waals surface area contributed by atoms with E-state index in [9.17, 15) is 8.78 Å². The molecule has 0 aliphatic heterocycles. The van der Waals surface area contributed by atoms with Gasteiger partial charge in [-0.25, -0.2) is 19.7 Å². The molecule has 1 aromatic carbocycles. The van der Waals surface area contributed by atoms with Crippen LogP contribution in [0.5, 0.6) is 5.75 Å². The molecule has 1 unspecified atom stereocenters. The molecule has 0 aliphatic carbocycles. The zero-order chi connectivity index (χ0) is 24.0. The Morgan fingerprint density at radius 2 is 2.03 bits per heavy atom. The van der Waals surface area contributed by atoms with E-state index in [1.54, 1.807) is 12.1 Å². The number of benzene rings is 1. The first-order valence-electron chi connectivity index (χ1n) is 9.42. The van der Waals surface area contributed by atoms with Gasteiger partial charge in [0.1, 0.15) is 47.0 Å². The Morgan fingerprint density at radius 3 is 2.64 bits per heavy atom. The molecule has 172 valence electrons. The van der Waals surface area contributed by atoms with Crippen LogP contribution in [-0.2, 0) is 12.5 Å². The highest BCUT2D eigenvalue weighted by atomic mass is 32.1. The van der Waals surface area contributed by atoms with Gasteiger partial charge >= 0.3 is 0 Å². The summed E-state index contributed by atoms with van der Waals surface area (Å²) in [7, 11) is 0. The smallest absolute Gasteiger partial charge is 0.298 e. The Balaban J connectivity index is 1.84. The molecule has 1 atom stereocenters. The van der Waals surface area contributed by atoms with E-state index >= 15 is 8.78 Å². The van der Waals surface area contributed by atoms with Crippen LogP contribution in [-0.4, -0.2) is 23.0 Å². The first kappa shape index (κ1) is 24.0. The fourth-order valence-corrected chi connectivity index (χ4v) is 3.74. The Morgan fingerprint density at radius 1 is 1.24 bits per heavy atom. The number of nitrogens with zero attached hydrogens (tertiary/aromatic N) is 4. The molecule has 0 fully saturated rings. The number of halogens is 4. The van der Waals surface area contributed by atoms with Gasteiger partial charge in [-0.1, -0.05) is 6.07 Å². The number of nitriles is 1. The average Bonchev–Trinajstić information content (AvgIpc) is 3.25. The maximum absolute atomic E-state index is 15.5. The summed E-state index contributed by atoms with van der Waals surface area (Å²) in [5.41, 5.74) is 4.01. The number of alkyl halides is 2. The van der Waals surface area contributed by atoms with Crippen molar-refractivity contribution in [1.82, 2.24) is 10.1 Å². The van der Waals surface area contributed by atoms with E-state index in [4.69, 9.17) is 21.6 Å². The molecule has 0 bridgehead atoms. The first-order valence-corrected chi connectivity index (χ1v) is 10.2. The third-order valence-corrected chi connectivity index (χ3v) is 5.55. The number of rotatable bonds is 9. The van der Waals surface area contributed by atoms with Crippen LogP contribution in [0.15, 0.2) is 53.8 Å². The first-order chi connectivity index (χ1) is 15.7. The predicted molar refractivity (Wildman–Crippen MR) is 114 cm³/mol. The van der Waals surface area contributed by atoms with Gasteiger partial charge in [-0.3, -0.25) is 4.98 Å². The second-order valence-corrected chi connectivity index (χ2v) is 7.94. The van der Waals surface area contributed by atoms with Crippen molar-refractivity contribution in [3.63, 3.8) is 0 Å². The Bertz CT molecular complexity index is 1160. The molecule has 12 heteroatoms. The second kappa shape index (κ2) is 10.3. The van der Waals surface area contributed by atoms with Crippen molar-refractivity contribution in [2.24, 2.45) is 16.7 Å². The van der Waals surface area contributed by atoms with E-state index in [-0.39, 0.29) is 12.4 Å². The van der Waals surface area contributed by atoms with Gasteiger partial charge in [0, 0.05) is 10.9 Å². The molecular formula is C21H18F4N6OS. The third kappa shape index (κ3) is 5.76. The number of hydrogen-bond donors (Lipinski definition) is 2. The number of nitrogens with two attached hydrogens (primary N) is 2. The predicted octanol–water partition coefficient (Wildman–Crippen LogP) is 3.83. The van der Waals surface area contributed by atoms with Gasteiger partial charge in [-0.05, 0) is 35.9 Å². The van der Waals surface area contributed by atoms with Crippen molar-refractivity contribution in [3.05, 3.63) is 81.3 Å². The number of hydrazine groups is 1. The molecule has 0 aliphatic rings. The van der Waals surface area contributed by atoms with Crippen LogP contribution in [0.4, 0.5) is 17.6 Å². The average molecular weight is 478 g/mol. The third-order valence-electron chi connectivity index (χ3n) is 4.59. The number of hydrogen-bond acceptors (Lipinski definition) is 7. The molecule has 3 rings (SSSR count). The minimum atomic E-state index is -3.71. The molecule has 33 heavy (non-hydrogen) atoms. The fourth-order valence-electron chi connectivity index (χ4n) is 3.02. The van der Waals surface area contributed by atoms with Gasteiger partial charge in [0.2, 0.25) is 0 Å². The lowest BCUT2D eigenvalue weighted by Gasteiger charge is -2.29. The highest BCUT2D eigenvalue weighted by Gasteiger charge is 2.45. The summed E-state index contributed by atoms with van der Waals surface area (Å²) < 4.78 is 64.1. The largest absolute Gasteiger partial charge is 0.486 e. The maximum Gasteiger partial charge on any atom is 0.298 e. The van der Waals surface area contributed by atoms with Crippen molar-refractivity contribution in [3.8, 4) is 11.8 Å². The van der Waals surface area contributed by atoms with Gasteiger partial charge in [-0.2, -0.15) is 19.1 Å². The minimum absolute atomic E-state index is 0.131. The highest BCUT2D eigenvalue weighted by molar-refractivity contribution is 7.12. The van der Waals surface area contributed by atoms with Crippen LogP contribution in [0.2, 0.25) is 0 Å². The lowest BCUT2D eigenvalue weighted by Crippen LogP contribution is -2.38. The SMILES string of the molecule is N#Cc1ccc(COc2ccc(C(F)(F)C(CN(N)/N=C\N)c3ccc(F)cc3F)nc2)s1. The maximum atomic E-state index is 15.5. The molecule has 2 aromatic heterocycles. The van der Waals surface area contributed by atoms with Crippen LogP contribution in [0.25, 0.3) is 0 Å². The van der Waals surface area contributed by atoms with Gasteiger partial charge in [-0.15, -0.1) is 11.3 Å². The molecule has 0 saturated heterocycles. The van der Waals surface area contributed by atoms with Crippen molar-refractivity contribution in [1.29, 1.82) is 5.26 Å². The molecule has 0 amide bonds. The highest BCUT2D eigenvalue weighted by Crippen LogP contribution is 2.43. The fraction of sp³-hybridized carbons (Fsp3) is 0.190. The number of ether oxygens (including phenoxy) is 1. The number of hydrazone groups is 1. The van der Waals surface area contributed by atoms with Crippen LogP contribution in [0.3, 0.4) is 0 Å². The summed E-state index contributed by atoms with van der Waals surface area (Å²) in [4.78, 5) is 5.08. The molecule has 2 heterocycles. The van der Waals surface area contributed by atoms with Crippen LogP contribution >= 0.6 is 11.3 Å². The summed E-state index contributed by atoms with van der Waals surface area (Å²) in [6.07, 6.45) is 1.91. The van der Waals surface area contributed by atoms with Gasteiger partial charge < -0.3 is 10.5 Å². The van der Waals surface area contributed by atoms with E-state index in [2.05, 4.69) is 10.1 Å². The summed E-state index contributed by atoms with van der Waals surface area (Å²) in [5, 5.41) is 13.0. The Labute approximate surface area is 190 Å². The lowest BCUT2D eigenvalue weighted by atomic mass is 9.89. The van der Waals surface area contributed by atoms with E-state index in [1.165, 1.54) is 17.4 Å². The van der Waals surface area contributed by atoms with Crippen LogP contribution < -0.4 is 16.3 Å². The molecule has 7 nitrogen and oxygen atoms in total. The van der Waals surface area contributed by atoms with Crippen LogP contribution in [0.1, 0.15) is 26.9 Å². The van der Waals surface area contributed by atoms with E-state index < -0.39 is 41.3 Å². The molecule has 0 radical (unpaired) electrons. The lowest BCUT2D eigenvalue weighted by molar-refractivity contribution is -0.0489. The zero-order valence-corrected chi connectivity index (χ0v) is 17.8. The molecule has 0 saturated carbocycles. The van der Waals surface area contributed by atoms with Crippen molar-refractivity contribution >= 4 is 17.7 Å². The Hall–Kier alpha value is -3.69. The number of thiophene rings is 1. The number of aromatic nitrogens is 1. The number of pyridine rings is 1. The second-order valence-electron chi connectivity index (χ2n) is 6.77. The quantitative estimate of drug-likeness (QED) is 0.159. The van der Waals surface area contributed by atoms with Gasteiger partial charge in [0.25, 0.3) is 5.92 Å².